The minimum absolute atomic E-state index is 0.394. The van der Waals surface area contributed by atoms with Gasteiger partial charge in [-0.3, -0.25) is 0 Å². The maximum atomic E-state index is 10.0. The molecule has 0 heterocycles. The number of hydrogen-bond acceptors (Lipinski definition) is 5. The highest BCUT2D eigenvalue weighted by molar-refractivity contribution is 5.80. The van der Waals surface area contributed by atoms with E-state index in [0.717, 1.165) is 6.08 Å². The topological polar surface area (TPSA) is 72.8 Å². The van der Waals surface area contributed by atoms with Gasteiger partial charge in [0.2, 0.25) is 0 Å². The van der Waals surface area contributed by atoms with Gasteiger partial charge in [0.1, 0.15) is 6.10 Å². The Morgan fingerprint density at radius 2 is 1.85 bits per heavy atom. The molecular formula is C8H14O5. The van der Waals surface area contributed by atoms with Gasteiger partial charge < -0.3 is 14.6 Å². The second-order valence-electron chi connectivity index (χ2n) is 1.93. The number of ether oxygens (including phenoxy) is 2. The number of aliphatic hydroxyl groups is 1. The predicted octanol–water partition coefficient (Wildman–Crippen LogP) is -0.114. The lowest BCUT2D eigenvalue weighted by Crippen LogP contribution is -2.16. The lowest BCUT2D eigenvalue weighted by molar-refractivity contribution is -0.149. The zero-order valence-corrected chi connectivity index (χ0v) is 7.94. The summed E-state index contributed by atoms with van der Waals surface area (Å²) < 4.78 is 8.27. The second-order valence-corrected chi connectivity index (χ2v) is 1.93. The van der Waals surface area contributed by atoms with Crippen molar-refractivity contribution in [3.63, 3.8) is 0 Å². The summed E-state index contributed by atoms with van der Waals surface area (Å²) >= 11 is 0. The van der Waals surface area contributed by atoms with E-state index in [-0.39, 0.29) is 0 Å². The van der Waals surface area contributed by atoms with Crippen LogP contribution in [0.3, 0.4) is 0 Å². The maximum absolute atomic E-state index is 10.0. The number of rotatable bonds is 2. The second kappa shape index (κ2) is 8.73. The molecule has 0 radical (unpaired) electrons. The first-order valence-corrected chi connectivity index (χ1v) is 3.45. The summed E-state index contributed by atoms with van der Waals surface area (Å²) in [5.41, 5.74) is 0. The summed E-state index contributed by atoms with van der Waals surface area (Å²) in [6, 6.07) is 0. The summed E-state index contributed by atoms with van der Waals surface area (Å²) in [5.74, 6) is -0.991. The monoisotopic (exact) mass is 190 g/mol. The number of aliphatic hydroxyl groups excluding tert-OH is 1. The van der Waals surface area contributed by atoms with Crippen molar-refractivity contribution in [1.82, 2.24) is 0 Å². The van der Waals surface area contributed by atoms with Crippen LogP contribution in [-0.2, 0) is 19.1 Å². The number of methoxy groups -OCH3 is 2. The molecule has 0 aromatic rings. The van der Waals surface area contributed by atoms with Crippen LogP contribution >= 0.6 is 0 Å². The van der Waals surface area contributed by atoms with Crippen LogP contribution in [0.25, 0.3) is 0 Å². The van der Waals surface area contributed by atoms with E-state index in [2.05, 4.69) is 16.1 Å². The molecule has 1 N–H and O–H groups in total. The first kappa shape index (κ1) is 14.2. The number of carbonyl (C=O) groups excluding carboxylic acids is 2. The van der Waals surface area contributed by atoms with E-state index in [4.69, 9.17) is 5.11 Å². The lowest BCUT2D eigenvalue weighted by Gasteiger charge is -1.97. The molecule has 0 aliphatic carbocycles. The molecule has 0 saturated carbocycles. The quantitative estimate of drug-likeness (QED) is 0.485. The third-order valence-corrected chi connectivity index (χ3v) is 0.910. The smallest absolute Gasteiger partial charge is 0.334 e. The van der Waals surface area contributed by atoms with E-state index >= 15 is 0 Å². The van der Waals surface area contributed by atoms with Gasteiger partial charge in [-0.05, 0) is 6.92 Å². The summed E-state index contributed by atoms with van der Waals surface area (Å²) in [6.07, 6.45) is 0.116. The van der Waals surface area contributed by atoms with Crippen molar-refractivity contribution in [3.8, 4) is 0 Å². The molecule has 0 bridgehead atoms. The highest BCUT2D eigenvalue weighted by atomic mass is 16.5. The number of hydrogen-bond donors (Lipinski definition) is 1. The van der Waals surface area contributed by atoms with Gasteiger partial charge in [-0.2, -0.15) is 0 Å². The molecule has 0 aliphatic heterocycles. The Morgan fingerprint density at radius 3 is 1.85 bits per heavy atom. The third kappa shape index (κ3) is 10.6. The van der Waals surface area contributed by atoms with Crippen LogP contribution < -0.4 is 0 Å². The van der Waals surface area contributed by atoms with E-state index < -0.39 is 18.0 Å². The summed E-state index contributed by atoms with van der Waals surface area (Å²) in [4.78, 5) is 19.9. The molecule has 0 saturated heterocycles. The van der Waals surface area contributed by atoms with Gasteiger partial charge in [0, 0.05) is 6.08 Å². The minimum atomic E-state index is -0.995. The number of esters is 2. The molecule has 5 nitrogen and oxygen atoms in total. The largest absolute Gasteiger partial charge is 0.467 e. The third-order valence-electron chi connectivity index (χ3n) is 0.910. The van der Waals surface area contributed by atoms with Gasteiger partial charge in [0.15, 0.2) is 0 Å². The van der Waals surface area contributed by atoms with Crippen LogP contribution in [0.5, 0.6) is 0 Å². The van der Waals surface area contributed by atoms with Crippen LogP contribution in [0.2, 0.25) is 0 Å². The molecule has 0 aromatic carbocycles. The van der Waals surface area contributed by atoms with Crippen molar-refractivity contribution < 1.29 is 24.2 Å². The number of carbonyl (C=O) groups is 2. The average molecular weight is 190 g/mol. The van der Waals surface area contributed by atoms with E-state index in [1.165, 1.54) is 21.1 Å². The molecule has 1 unspecified atom stereocenters. The summed E-state index contributed by atoms with van der Waals surface area (Å²) in [7, 11) is 2.54. The van der Waals surface area contributed by atoms with Crippen molar-refractivity contribution in [2.75, 3.05) is 14.2 Å². The predicted molar refractivity (Wildman–Crippen MR) is 45.9 cm³/mol. The molecule has 1 atom stereocenters. The summed E-state index contributed by atoms with van der Waals surface area (Å²) in [5, 5.41) is 8.35. The normalized spacial score (nSPS) is 10.2. The molecule has 76 valence electrons. The van der Waals surface area contributed by atoms with Crippen molar-refractivity contribution in [2.45, 2.75) is 13.0 Å². The highest BCUT2D eigenvalue weighted by Gasteiger charge is 2.05. The Morgan fingerprint density at radius 1 is 1.38 bits per heavy atom. The fourth-order valence-corrected chi connectivity index (χ4v) is 0.254. The molecule has 0 fully saturated rings. The Bertz CT molecular complexity index is 173. The van der Waals surface area contributed by atoms with E-state index in [9.17, 15) is 9.59 Å². The van der Waals surface area contributed by atoms with Crippen molar-refractivity contribution in [2.24, 2.45) is 0 Å². The molecule has 5 heteroatoms. The molecular weight excluding hydrogens is 176 g/mol. The summed E-state index contributed by atoms with van der Waals surface area (Å²) in [6.45, 7) is 4.51. The van der Waals surface area contributed by atoms with Crippen LogP contribution in [0.15, 0.2) is 12.7 Å². The SMILES string of the molecule is C=CC(=O)OC.COC(=O)C(C)O. The van der Waals surface area contributed by atoms with Crippen LogP contribution in [-0.4, -0.2) is 37.4 Å². The van der Waals surface area contributed by atoms with E-state index in [0.29, 0.717) is 0 Å². The van der Waals surface area contributed by atoms with E-state index in [1.807, 2.05) is 0 Å². The Kier molecular flexibility index (Phi) is 9.53. The maximum Gasteiger partial charge on any atom is 0.334 e. The standard InChI is InChI=1S/C4H8O3.C4H6O2/c1-3(5)4(6)7-2;1-3-4(5)6-2/h3,5H,1-2H3;3H,1H2,2H3. The fraction of sp³-hybridized carbons (Fsp3) is 0.500. The van der Waals surface area contributed by atoms with Crippen LogP contribution in [0.4, 0.5) is 0 Å². The molecule has 0 spiro atoms. The van der Waals surface area contributed by atoms with Gasteiger partial charge in [0.25, 0.3) is 0 Å². The molecule has 13 heavy (non-hydrogen) atoms. The van der Waals surface area contributed by atoms with Gasteiger partial charge in [-0.25, -0.2) is 9.59 Å². The van der Waals surface area contributed by atoms with Gasteiger partial charge in [-0.1, -0.05) is 6.58 Å². The Hall–Kier alpha value is -1.36. The van der Waals surface area contributed by atoms with Crippen molar-refractivity contribution in [1.29, 1.82) is 0 Å². The van der Waals surface area contributed by atoms with Crippen molar-refractivity contribution in [3.05, 3.63) is 12.7 Å². The molecule has 0 aromatic heterocycles. The molecule has 0 rings (SSSR count). The van der Waals surface area contributed by atoms with E-state index in [1.54, 1.807) is 0 Å². The van der Waals surface area contributed by atoms with Gasteiger partial charge >= 0.3 is 11.9 Å². The zero-order valence-electron chi connectivity index (χ0n) is 7.94. The van der Waals surface area contributed by atoms with Gasteiger partial charge in [0.05, 0.1) is 14.2 Å². The highest BCUT2D eigenvalue weighted by Crippen LogP contribution is 1.80. The first-order chi connectivity index (χ1) is 5.99. The van der Waals surface area contributed by atoms with Crippen LogP contribution in [0.1, 0.15) is 6.92 Å². The minimum Gasteiger partial charge on any atom is -0.467 e. The van der Waals surface area contributed by atoms with Gasteiger partial charge in [-0.15, -0.1) is 0 Å². The molecule has 0 aliphatic rings. The molecule has 0 amide bonds. The Labute approximate surface area is 77.0 Å². The fourth-order valence-electron chi connectivity index (χ4n) is 0.254. The first-order valence-electron chi connectivity index (χ1n) is 3.45. The van der Waals surface area contributed by atoms with Crippen molar-refractivity contribution >= 4 is 11.9 Å². The average Bonchev–Trinajstić information content (AvgIpc) is 2.16. The zero-order chi connectivity index (χ0) is 10.9. The van der Waals surface area contributed by atoms with Crippen LogP contribution in [0, 0.1) is 0 Å². The Balaban J connectivity index is 0. The lowest BCUT2D eigenvalue weighted by atomic mass is 10.4.